The summed E-state index contributed by atoms with van der Waals surface area (Å²) in [5, 5.41) is 2.58. The normalized spacial score (nSPS) is 10.3. The third-order valence-electron chi connectivity index (χ3n) is 2.74. The lowest BCUT2D eigenvalue weighted by atomic mass is 10.1. The maximum absolute atomic E-state index is 11.2. The summed E-state index contributed by atoms with van der Waals surface area (Å²) in [6.07, 6.45) is 0.602. The van der Waals surface area contributed by atoms with Crippen molar-refractivity contribution < 1.29 is 9.53 Å². The third kappa shape index (κ3) is 6.49. The van der Waals surface area contributed by atoms with Crippen LogP contribution in [-0.2, 0) is 11.2 Å². The maximum Gasteiger partial charge on any atom is 0.233 e. The molecule has 5 nitrogen and oxygen atoms in total. The van der Waals surface area contributed by atoms with Crippen LogP contribution in [0, 0.1) is 0 Å². The topological polar surface area (TPSA) is 67.6 Å². The SMILES string of the molecule is CNC(=O)CN(C)CCOc1ccc(CC(N)=S)cc1. The minimum absolute atomic E-state index is 0.00499. The van der Waals surface area contributed by atoms with Gasteiger partial charge in [0.1, 0.15) is 12.4 Å². The number of carbonyl (C=O) groups excluding carboxylic acids is 1. The zero-order valence-corrected chi connectivity index (χ0v) is 12.7. The number of likely N-dealkylation sites (N-methyl/N-ethyl adjacent to an activating group) is 2. The molecule has 1 amide bonds. The highest BCUT2D eigenvalue weighted by molar-refractivity contribution is 7.80. The van der Waals surface area contributed by atoms with Crippen LogP contribution in [0.25, 0.3) is 0 Å². The van der Waals surface area contributed by atoms with Gasteiger partial charge >= 0.3 is 0 Å². The summed E-state index contributed by atoms with van der Waals surface area (Å²) in [6.45, 7) is 1.58. The van der Waals surface area contributed by atoms with Crippen molar-refractivity contribution in [1.82, 2.24) is 10.2 Å². The number of thiocarbonyl (C=S) groups is 1. The largest absolute Gasteiger partial charge is 0.492 e. The van der Waals surface area contributed by atoms with Gasteiger partial charge in [0, 0.05) is 20.0 Å². The second-order valence-electron chi connectivity index (χ2n) is 4.55. The minimum atomic E-state index is -0.00499. The highest BCUT2D eigenvalue weighted by Gasteiger charge is 2.04. The molecule has 0 bridgehead atoms. The average molecular weight is 295 g/mol. The highest BCUT2D eigenvalue weighted by atomic mass is 32.1. The van der Waals surface area contributed by atoms with Crippen LogP contribution in [0.15, 0.2) is 24.3 Å². The highest BCUT2D eigenvalue weighted by Crippen LogP contribution is 2.12. The zero-order chi connectivity index (χ0) is 15.0. The Morgan fingerprint density at radius 3 is 2.60 bits per heavy atom. The molecule has 0 heterocycles. The molecule has 0 spiro atoms. The lowest BCUT2D eigenvalue weighted by Gasteiger charge is -2.15. The predicted octanol–water partition coefficient (Wildman–Crippen LogP) is 0.572. The standard InChI is InChI=1S/C14H21N3O2S/c1-16-14(18)10-17(2)7-8-19-12-5-3-11(4-6-12)9-13(15)20/h3-6H,7-10H2,1-2H3,(H2,15,20)(H,16,18). The number of nitrogens with zero attached hydrogens (tertiary/aromatic N) is 1. The van der Waals surface area contributed by atoms with Crippen molar-refractivity contribution in [2.75, 3.05) is 33.8 Å². The van der Waals surface area contributed by atoms with Crippen LogP contribution in [0.5, 0.6) is 5.75 Å². The number of rotatable bonds is 8. The number of hydrogen-bond acceptors (Lipinski definition) is 4. The van der Waals surface area contributed by atoms with Gasteiger partial charge < -0.3 is 15.8 Å². The van der Waals surface area contributed by atoms with Crippen molar-refractivity contribution in [3.8, 4) is 5.75 Å². The minimum Gasteiger partial charge on any atom is -0.492 e. The predicted molar refractivity (Wildman–Crippen MR) is 84.0 cm³/mol. The Morgan fingerprint density at radius 1 is 1.40 bits per heavy atom. The van der Waals surface area contributed by atoms with E-state index in [0.29, 0.717) is 31.1 Å². The Labute approximate surface area is 125 Å². The van der Waals surface area contributed by atoms with E-state index in [9.17, 15) is 4.79 Å². The summed E-state index contributed by atoms with van der Waals surface area (Å²) in [5.41, 5.74) is 6.56. The third-order valence-corrected chi connectivity index (χ3v) is 2.88. The number of amides is 1. The number of hydrogen-bond donors (Lipinski definition) is 2. The molecule has 0 saturated heterocycles. The molecule has 0 aromatic heterocycles. The van der Waals surface area contributed by atoms with E-state index in [1.165, 1.54) is 0 Å². The average Bonchev–Trinajstić information content (AvgIpc) is 2.40. The molecule has 0 fully saturated rings. The van der Waals surface area contributed by atoms with Crippen LogP contribution < -0.4 is 15.8 Å². The first kappa shape index (κ1) is 16.4. The quantitative estimate of drug-likeness (QED) is 0.686. The molecule has 1 aromatic rings. The van der Waals surface area contributed by atoms with Gasteiger partial charge in [-0.3, -0.25) is 9.69 Å². The first-order valence-electron chi connectivity index (χ1n) is 6.40. The van der Waals surface area contributed by atoms with Gasteiger partial charge in [0.15, 0.2) is 0 Å². The Balaban J connectivity index is 2.31. The van der Waals surface area contributed by atoms with Crippen molar-refractivity contribution in [2.45, 2.75) is 6.42 Å². The van der Waals surface area contributed by atoms with E-state index in [-0.39, 0.29) is 5.91 Å². The number of nitrogens with two attached hydrogens (primary N) is 1. The molecule has 1 aromatic carbocycles. The van der Waals surface area contributed by atoms with Crippen molar-refractivity contribution in [1.29, 1.82) is 0 Å². The summed E-state index contributed by atoms with van der Waals surface area (Å²) < 4.78 is 5.61. The first-order chi connectivity index (χ1) is 9.51. The molecule has 0 unspecified atom stereocenters. The molecule has 6 heteroatoms. The zero-order valence-electron chi connectivity index (χ0n) is 11.9. The number of nitrogens with one attached hydrogen (secondary N) is 1. The lowest BCUT2D eigenvalue weighted by molar-refractivity contribution is -0.121. The van der Waals surface area contributed by atoms with E-state index >= 15 is 0 Å². The Morgan fingerprint density at radius 2 is 2.05 bits per heavy atom. The Hall–Kier alpha value is -1.66. The van der Waals surface area contributed by atoms with Crippen molar-refractivity contribution in [3.05, 3.63) is 29.8 Å². The van der Waals surface area contributed by atoms with E-state index in [1.807, 2.05) is 36.2 Å². The van der Waals surface area contributed by atoms with Crippen molar-refractivity contribution >= 4 is 23.1 Å². The van der Waals surface area contributed by atoms with E-state index in [0.717, 1.165) is 11.3 Å². The Kier molecular flexibility index (Phi) is 6.97. The molecule has 1 rings (SSSR count). The molecule has 0 radical (unpaired) electrons. The molecule has 0 aliphatic carbocycles. The molecule has 0 aliphatic rings. The summed E-state index contributed by atoms with van der Waals surface area (Å²) in [7, 11) is 3.51. The van der Waals surface area contributed by atoms with E-state index in [2.05, 4.69) is 5.32 Å². The second-order valence-corrected chi connectivity index (χ2v) is 5.07. The van der Waals surface area contributed by atoms with Gasteiger partial charge in [0.25, 0.3) is 0 Å². The van der Waals surface area contributed by atoms with Gasteiger partial charge in [-0.1, -0.05) is 24.4 Å². The van der Waals surface area contributed by atoms with E-state index in [4.69, 9.17) is 22.7 Å². The smallest absolute Gasteiger partial charge is 0.233 e. The summed E-state index contributed by atoms with van der Waals surface area (Å²) in [6, 6.07) is 7.68. The van der Waals surface area contributed by atoms with Crippen molar-refractivity contribution in [2.24, 2.45) is 5.73 Å². The molecule has 3 N–H and O–H groups in total. The van der Waals surface area contributed by atoms with Crippen LogP contribution in [0.2, 0.25) is 0 Å². The second kappa shape index (κ2) is 8.50. The summed E-state index contributed by atoms with van der Waals surface area (Å²) >= 11 is 4.86. The van der Waals surface area contributed by atoms with Crippen molar-refractivity contribution in [3.63, 3.8) is 0 Å². The van der Waals surface area contributed by atoms with Crippen LogP contribution in [0.1, 0.15) is 5.56 Å². The van der Waals surface area contributed by atoms with Gasteiger partial charge in [-0.15, -0.1) is 0 Å². The number of benzene rings is 1. The van der Waals surface area contributed by atoms with Gasteiger partial charge in [-0.25, -0.2) is 0 Å². The molecular formula is C14H21N3O2S. The van der Waals surface area contributed by atoms with Crippen LogP contribution >= 0.6 is 12.2 Å². The molecular weight excluding hydrogens is 274 g/mol. The maximum atomic E-state index is 11.2. The van der Waals surface area contributed by atoms with Gasteiger partial charge in [0.2, 0.25) is 5.91 Å². The summed E-state index contributed by atoms with van der Waals surface area (Å²) in [5.74, 6) is 0.791. The molecule has 20 heavy (non-hydrogen) atoms. The van der Waals surface area contributed by atoms with Gasteiger partial charge in [-0.2, -0.15) is 0 Å². The van der Waals surface area contributed by atoms with Gasteiger partial charge in [-0.05, 0) is 24.7 Å². The number of carbonyl (C=O) groups is 1. The molecule has 0 aliphatic heterocycles. The lowest BCUT2D eigenvalue weighted by Crippen LogP contribution is -2.35. The fourth-order valence-electron chi connectivity index (χ4n) is 1.63. The van der Waals surface area contributed by atoms with Crippen LogP contribution in [-0.4, -0.2) is 49.6 Å². The fraction of sp³-hybridized carbons (Fsp3) is 0.429. The Bertz CT molecular complexity index is 448. The van der Waals surface area contributed by atoms with E-state index in [1.54, 1.807) is 7.05 Å². The van der Waals surface area contributed by atoms with Crippen LogP contribution in [0.3, 0.4) is 0 Å². The van der Waals surface area contributed by atoms with Gasteiger partial charge in [0.05, 0.1) is 11.5 Å². The molecule has 0 saturated carbocycles. The molecule has 110 valence electrons. The van der Waals surface area contributed by atoms with E-state index < -0.39 is 0 Å². The monoisotopic (exact) mass is 295 g/mol. The summed E-state index contributed by atoms with van der Waals surface area (Å²) in [4.78, 5) is 13.6. The number of ether oxygens (including phenoxy) is 1. The fourth-order valence-corrected chi connectivity index (χ4v) is 1.79. The van der Waals surface area contributed by atoms with Crippen LogP contribution in [0.4, 0.5) is 0 Å². The first-order valence-corrected chi connectivity index (χ1v) is 6.81. The molecule has 0 atom stereocenters.